The maximum absolute atomic E-state index is 11.8. The van der Waals surface area contributed by atoms with Gasteiger partial charge in [-0.15, -0.1) is 11.3 Å². The van der Waals surface area contributed by atoms with Gasteiger partial charge in [-0.1, -0.05) is 6.92 Å². The Balaban J connectivity index is 2.02. The van der Waals surface area contributed by atoms with Crippen molar-refractivity contribution in [1.82, 2.24) is 14.5 Å². The van der Waals surface area contributed by atoms with Gasteiger partial charge in [-0.25, -0.2) is 9.97 Å². The highest BCUT2D eigenvalue weighted by Gasteiger charge is 2.05. The molecular formula is C15H17N3OS. The maximum Gasteiger partial charge on any atom is 0.178 e. The smallest absolute Gasteiger partial charge is 0.178 e. The first-order valence-corrected chi connectivity index (χ1v) is 7.41. The van der Waals surface area contributed by atoms with Crippen LogP contribution in [0.2, 0.25) is 0 Å². The van der Waals surface area contributed by atoms with E-state index < -0.39 is 0 Å². The summed E-state index contributed by atoms with van der Waals surface area (Å²) in [5.74, 6) is 0.731. The Kier molecular flexibility index (Phi) is 5.01. The van der Waals surface area contributed by atoms with E-state index in [4.69, 9.17) is 0 Å². The molecule has 20 heavy (non-hydrogen) atoms. The zero-order valence-corrected chi connectivity index (χ0v) is 12.4. The van der Waals surface area contributed by atoms with Crippen molar-refractivity contribution in [3.05, 3.63) is 47.0 Å². The van der Waals surface area contributed by atoms with Crippen LogP contribution in [0.1, 0.15) is 37.1 Å². The Labute approximate surface area is 122 Å². The van der Waals surface area contributed by atoms with E-state index in [1.165, 1.54) is 23.5 Å². The zero-order valence-electron chi connectivity index (χ0n) is 11.6. The fraction of sp³-hybridized carbons (Fsp3) is 0.267. The van der Waals surface area contributed by atoms with Gasteiger partial charge in [-0.3, -0.25) is 4.79 Å². The highest BCUT2D eigenvalue weighted by molar-refractivity contribution is 7.10. The second kappa shape index (κ2) is 6.96. The van der Waals surface area contributed by atoms with Gasteiger partial charge >= 0.3 is 0 Å². The van der Waals surface area contributed by atoms with Crippen LogP contribution < -0.4 is 0 Å². The summed E-state index contributed by atoms with van der Waals surface area (Å²) in [6.45, 7) is 4.25. The highest BCUT2D eigenvalue weighted by Crippen LogP contribution is 2.13. The predicted octanol–water partition coefficient (Wildman–Crippen LogP) is 3.61. The molecule has 0 aliphatic rings. The number of aromatic nitrogens is 3. The van der Waals surface area contributed by atoms with Crippen LogP contribution in [0, 0.1) is 0 Å². The van der Waals surface area contributed by atoms with Crippen molar-refractivity contribution in [3.8, 4) is 0 Å². The Morgan fingerprint density at radius 3 is 2.85 bits per heavy atom. The van der Waals surface area contributed by atoms with E-state index in [1.54, 1.807) is 24.5 Å². The van der Waals surface area contributed by atoms with Crippen molar-refractivity contribution in [1.29, 1.82) is 0 Å². The third kappa shape index (κ3) is 3.74. The third-order valence-corrected chi connectivity index (χ3v) is 3.74. The fourth-order valence-electron chi connectivity index (χ4n) is 1.71. The molecule has 0 saturated carbocycles. The molecule has 0 N–H and O–H groups in total. The van der Waals surface area contributed by atoms with E-state index in [2.05, 4.69) is 28.4 Å². The Morgan fingerprint density at radius 2 is 2.15 bits per heavy atom. The number of allylic oxidation sites excluding steroid dienone is 2. The first kappa shape index (κ1) is 14.4. The summed E-state index contributed by atoms with van der Waals surface area (Å²) in [5.41, 5.74) is 0. The molecule has 2 heterocycles. The van der Waals surface area contributed by atoms with Gasteiger partial charge in [0.1, 0.15) is 10.8 Å². The van der Waals surface area contributed by atoms with E-state index in [0.717, 1.165) is 17.3 Å². The average Bonchev–Trinajstić information content (AvgIpc) is 3.12. The number of carbonyl (C=O) groups excluding carboxylic acids is 1. The third-order valence-electron chi connectivity index (χ3n) is 3.00. The number of rotatable bonds is 6. The fourth-order valence-corrected chi connectivity index (χ4v) is 2.23. The molecule has 0 bridgehead atoms. The number of carbonyl (C=O) groups is 1. The second-order valence-corrected chi connectivity index (χ2v) is 5.32. The van der Waals surface area contributed by atoms with Crippen molar-refractivity contribution in [2.45, 2.75) is 26.3 Å². The lowest BCUT2D eigenvalue weighted by Crippen LogP contribution is -2.04. The lowest BCUT2D eigenvalue weighted by Gasteiger charge is -2.11. The van der Waals surface area contributed by atoms with Crippen LogP contribution in [-0.2, 0) is 4.79 Å². The van der Waals surface area contributed by atoms with Gasteiger partial charge in [0.2, 0.25) is 0 Å². The molecule has 2 aromatic rings. The van der Waals surface area contributed by atoms with Gasteiger partial charge in [0.25, 0.3) is 0 Å². The normalized spacial score (nSPS) is 13.3. The average molecular weight is 287 g/mol. The molecule has 0 saturated heterocycles. The molecule has 2 aromatic heterocycles. The summed E-state index contributed by atoms with van der Waals surface area (Å²) < 4.78 is 2.06. The summed E-state index contributed by atoms with van der Waals surface area (Å²) in [7, 11) is 0. The lowest BCUT2D eigenvalue weighted by atomic mass is 10.2. The van der Waals surface area contributed by atoms with Crippen molar-refractivity contribution in [2.24, 2.45) is 0 Å². The molecule has 0 aliphatic carbocycles. The summed E-state index contributed by atoms with van der Waals surface area (Å²) in [5, 5.41) is 2.70. The van der Waals surface area contributed by atoms with Crippen molar-refractivity contribution >= 4 is 29.3 Å². The molecule has 0 fully saturated rings. The minimum Gasteiger partial charge on any atom is -0.329 e. The number of nitrogens with zero attached hydrogens (tertiary/aromatic N) is 3. The summed E-state index contributed by atoms with van der Waals surface area (Å²) in [4.78, 5) is 20.1. The van der Waals surface area contributed by atoms with Gasteiger partial charge < -0.3 is 4.57 Å². The summed E-state index contributed by atoms with van der Waals surface area (Å²) >= 11 is 1.50. The van der Waals surface area contributed by atoms with E-state index in [1.807, 2.05) is 11.6 Å². The first-order valence-electron chi connectivity index (χ1n) is 6.53. The molecule has 4 nitrogen and oxygen atoms in total. The molecule has 1 atom stereocenters. The zero-order chi connectivity index (χ0) is 14.4. The maximum atomic E-state index is 11.8. The molecule has 0 radical (unpaired) electrons. The van der Waals surface area contributed by atoms with Crippen LogP contribution in [0.25, 0.3) is 12.2 Å². The van der Waals surface area contributed by atoms with Gasteiger partial charge in [-0.05, 0) is 37.6 Å². The highest BCUT2D eigenvalue weighted by atomic mass is 32.1. The predicted molar refractivity (Wildman–Crippen MR) is 82.4 cm³/mol. The van der Waals surface area contributed by atoms with Gasteiger partial charge in [0.05, 0.1) is 0 Å². The molecule has 0 aliphatic heterocycles. The number of thiazole rings is 1. The van der Waals surface area contributed by atoms with Crippen LogP contribution in [0.3, 0.4) is 0 Å². The number of hydrogen-bond donors (Lipinski definition) is 0. The number of hydrogen-bond acceptors (Lipinski definition) is 4. The van der Waals surface area contributed by atoms with E-state index in [-0.39, 0.29) is 5.78 Å². The molecule has 5 heteroatoms. The molecule has 2 rings (SSSR count). The molecular weight excluding hydrogens is 270 g/mol. The monoisotopic (exact) mass is 287 g/mol. The SMILES string of the molecule is CCC(C)n1ccnc1/C=C/C(=O)/C=C/c1nccs1. The van der Waals surface area contributed by atoms with E-state index in [0.29, 0.717) is 6.04 Å². The van der Waals surface area contributed by atoms with Crippen molar-refractivity contribution in [3.63, 3.8) is 0 Å². The first-order chi connectivity index (χ1) is 9.70. The Bertz CT molecular complexity index is 611. The van der Waals surface area contributed by atoms with Crippen molar-refractivity contribution < 1.29 is 4.79 Å². The minimum atomic E-state index is -0.0705. The van der Waals surface area contributed by atoms with Crippen LogP contribution in [-0.4, -0.2) is 20.3 Å². The van der Waals surface area contributed by atoms with E-state index in [9.17, 15) is 4.79 Å². The molecule has 0 aromatic carbocycles. The lowest BCUT2D eigenvalue weighted by molar-refractivity contribution is -0.110. The Morgan fingerprint density at radius 1 is 1.35 bits per heavy atom. The molecule has 1 unspecified atom stereocenters. The van der Waals surface area contributed by atoms with E-state index >= 15 is 0 Å². The van der Waals surface area contributed by atoms with Crippen LogP contribution in [0.4, 0.5) is 0 Å². The van der Waals surface area contributed by atoms with Crippen LogP contribution in [0.5, 0.6) is 0 Å². The minimum absolute atomic E-state index is 0.0705. The molecule has 104 valence electrons. The van der Waals surface area contributed by atoms with Gasteiger partial charge in [0, 0.05) is 30.0 Å². The van der Waals surface area contributed by atoms with Crippen LogP contribution in [0.15, 0.2) is 36.1 Å². The standard InChI is InChI=1S/C15H17N3OS/c1-3-12(2)18-10-8-16-14(18)6-4-13(19)5-7-15-17-9-11-20-15/h4-12H,3H2,1-2H3/b6-4+,7-5+. The second-order valence-electron chi connectivity index (χ2n) is 4.39. The number of imidazole rings is 1. The quantitative estimate of drug-likeness (QED) is 0.763. The van der Waals surface area contributed by atoms with Gasteiger partial charge in [-0.2, -0.15) is 0 Å². The molecule has 0 spiro atoms. The van der Waals surface area contributed by atoms with Crippen LogP contribution >= 0.6 is 11.3 Å². The molecule has 0 amide bonds. The summed E-state index contributed by atoms with van der Waals surface area (Å²) in [6.07, 6.45) is 12.9. The largest absolute Gasteiger partial charge is 0.329 e. The van der Waals surface area contributed by atoms with Gasteiger partial charge in [0.15, 0.2) is 5.78 Å². The topological polar surface area (TPSA) is 47.8 Å². The number of ketones is 1. The Hall–Kier alpha value is -2.01. The summed E-state index contributed by atoms with van der Waals surface area (Å²) in [6, 6.07) is 0.373. The van der Waals surface area contributed by atoms with Crippen molar-refractivity contribution in [2.75, 3.05) is 0 Å².